The van der Waals surface area contributed by atoms with E-state index in [0.29, 0.717) is 11.0 Å². The van der Waals surface area contributed by atoms with Gasteiger partial charge in [0.1, 0.15) is 5.82 Å². The number of rotatable bonds is 2. The molecule has 1 aromatic rings. The molecule has 0 saturated carbocycles. The Morgan fingerprint density at radius 1 is 1.25 bits per heavy atom. The Kier molecular flexibility index (Phi) is 4.46. The largest absolute Gasteiger partial charge is 0.357 e. The first-order valence-electron chi connectivity index (χ1n) is 7.60. The molecule has 0 aromatic carbocycles. The molecule has 1 unspecified atom stereocenters. The maximum Gasteiger partial charge on any atom is 0.161 e. The highest BCUT2D eigenvalue weighted by molar-refractivity contribution is 5.93. The van der Waals surface area contributed by atoms with Gasteiger partial charge < -0.3 is 4.90 Å². The molecule has 0 amide bonds. The molecule has 3 heteroatoms. The van der Waals surface area contributed by atoms with Gasteiger partial charge in [0.25, 0.3) is 0 Å². The molecule has 0 bridgehead atoms. The lowest BCUT2D eigenvalue weighted by atomic mass is 9.77. The van der Waals surface area contributed by atoms with Crippen LogP contribution in [0.4, 0.5) is 5.82 Å². The van der Waals surface area contributed by atoms with E-state index in [4.69, 9.17) is 0 Å². The van der Waals surface area contributed by atoms with Gasteiger partial charge in [0.15, 0.2) is 5.78 Å². The molecular weight excluding hydrogens is 248 g/mol. The minimum atomic E-state index is 0.0766. The fourth-order valence-electron chi connectivity index (χ4n) is 2.97. The first-order chi connectivity index (χ1) is 9.38. The number of ketones is 1. The van der Waals surface area contributed by atoms with Gasteiger partial charge in [-0.05, 0) is 49.7 Å². The number of aromatic nitrogens is 1. The first kappa shape index (κ1) is 15.0. The second kappa shape index (κ2) is 5.94. The summed E-state index contributed by atoms with van der Waals surface area (Å²) in [6.07, 6.45) is 5.44. The quantitative estimate of drug-likeness (QED) is 0.766. The first-order valence-corrected chi connectivity index (χ1v) is 7.60. The van der Waals surface area contributed by atoms with E-state index in [0.717, 1.165) is 24.8 Å². The molecule has 1 aliphatic heterocycles. The molecule has 1 saturated heterocycles. The van der Waals surface area contributed by atoms with Gasteiger partial charge in [-0.1, -0.05) is 20.8 Å². The molecule has 1 aromatic heterocycles. The lowest BCUT2D eigenvalue weighted by Crippen LogP contribution is -2.26. The number of anilines is 1. The van der Waals surface area contributed by atoms with E-state index in [1.807, 2.05) is 12.1 Å². The average molecular weight is 274 g/mol. The second-order valence-electron chi connectivity index (χ2n) is 6.94. The van der Waals surface area contributed by atoms with Gasteiger partial charge in [0.05, 0.1) is 0 Å². The van der Waals surface area contributed by atoms with Crippen molar-refractivity contribution in [3.8, 4) is 0 Å². The summed E-state index contributed by atoms with van der Waals surface area (Å²) in [5, 5.41) is 0. The van der Waals surface area contributed by atoms with Crippen LogP contribution >= 0.6 is 0 Å². The normalized spacial score (nSPS) is 20.6. The molecule has 0 aliphatic carbocycles. The van der Waals surface area contributed by atoms with Gasteiger partial charge in [-0.3, -0.25) is 4.79 Å². The summed E-state index contributed by atoms with van der Waals surface area (Å²) in [5.74, 6) is 1.86. The minimum absolute atomic E-state index is 0.0766. The van der Waals surface area contributed by atoms with Crippen LogP contribution in [-0.2, 0) is 0 Å². The Bertz CT molecular complexity index is 459. The van der Waals surface area contributed by atoms with Gasteiger partial charge in [-0.2, -0.15) is 0 Å². The van der Waals surface area contributed by atoms with Crippen LogP contribution in [0, 0.1) is 11.3 Å². The molecule has 110 valence electrons. The van der Waals surface area contributed by atoms with Gasteiger partial charge in [-0.25, -0.2) is 4.98 Å². The number of carbonyl (C=O) groups is 1. The summed E-state index contributed by atoms with van der Waals surface area (Å²) in [5.41, 5.74) is 1.08. The summed E-state index contributed by atoms with van der Waals surface area (Å²) >= 11 is 0. The number of pyridine rings is 1. The van der Waals surface area contributed by atoms with Crippen molar-refractivity contribution in [2.75, 3.05) is 18.0 Å². The number of hydrogen-bond donors (Lipinski definition) is 0. The molecule has 3 nitrogen and oxygen atoms in total. The van der Waals surface area contributed by atoms with E-state index in [1.165, 1.54) is 19.3 Å². The van der Waals surface area contributed by atoms with Gasteiger partial charge >= 0.3 is 0 Å². The number of nitrogens with zero attached hydrogens (tertiary/aromatic N) is 2. The van der Waals surface area contributed by atoms with Crippen molar-refractivity contribution in [3.63, 3.8) is 0 Å². The Balaban J connectivity index is 2.05. The maximum atomic E-state index is 11.3. The maximum absolute atomic E-state index is 11.3. The summed E-state index contributed by atoms with van der Waals surface area (Å²) < 4.78 is 0. The highest BCUT2D eigenvalue weighted by Crippen LogP contribution is 2.34. The number of carbonyl (C=O) groups excluding carboxylic acids is 1. The van der Waals surface area contributed by atoms with E-state index in [-0.39, 0.29) is 5.78 Å². The Labute approximate surface area is 122 Å². The van der Waals surface area contributed by atoms with E-state index >= 15 is 0 Å². The lowest BCUT2D eigenvalue weighted by molar-refractivity contribution is 0.101. The fourth-order valence-corrected chi connectivity index (χ4v) is 2.97. The van der Waals surface area contributed by atoms with Crippen molar-refractivity contribution in [1.29, 1.82) is 0 Å². The van der Waals surface area contributed by atoms with Crippen LogP contribution in [0.5, 0.6) is 0 Å². The monoisotopic (exact) mass is 274 g/mol. The predicted molar refractivity (Wildman–Crippen MR) is 83.3 cm³/mol. The van der Waals surface area contributed by atoms with Crippen LogP contribution in [0.15, 0.2) is 18.3 Å². The van der Waals surface area contributed by atoms with Gasteiger partial charge in [-0.15, -0.1) is 0 Å². The molecule has 1 aliphatic rings. The van der Waals surface area contributed by atoms with Crippen molar-refractivity contribution in [3.05, 3.63) is 23.9 Å². The van der Waals surface area contributed by atoms with Gasteiger partial charge in [0, 0.05) is 24.8 Å². The Hall–Kier alpha value is -1.38. The van der Waals surface area contributed by atoms with Crippen LogP contribution in [0.25, 0.3) is 0 Å². The zero-order valence-electron chi connectivity index (χ0n) is 13.1. The SMILES string of the molecule is CC(=O)c1ccc(N2CCCC(C(C)(C)C)CC2)nc1. The van der Waals surface area contributed by atoms with E-state index < -0.39 is 0 Å². The summed E-state index contributed by atoms with van der Waals surface area (Å²) in [4.78, 5) is 18.1. The van der Waals surface area contributed by atoms with Crippen molar-refractivity contribution >= 4 is 11.6 Å². The number of hydrogen-bond acceptors (Lipinski definition) is 3. The minimum Gasteiger partial charge on any atom is -0.357 e. The zero-order valence-corrected chi connectivity index (χ0v) is 13.1. The standard InChI is InChI=1S/C17H26N2O/c1-13(20)14-7-8-16(18-12-14)19-10-5-6-15(9-11-19)17(2,3)4/h7-8,12,15H,5-6,9-11H2,1-4H3. The lowest BCUT2D eigenvalue weighted by Gasteiger charge is -2.29. The predicted octanol–water partition coefficient (Wildman–Crippen LogP) is 3.94. The molecule has 0 radical (unpaired) electrons. The molecule has 1 atom stereocenters. The van der Waals surface area contributed by atoms with Crippen molar-refractivity contribution in [2.24, 2.45) is 11.3 Å². The van der Waals surface area contributed by atoms with Crippen molar-refractivity contribution < 1.29 is 4.79 Å². The molecule has 2 rings (SSSR count). The second-order valence-corrected chi connectivity index (χ2v) is 6.94. The van der Waals surface area contributed by atoms with E-state index in [1.54, 1.807) is 13.1 Å². The average Bonchev–Trinajstić information content (AvgIpc) is 2.64. The van der Waals surface area contributed by atoms with Crippen LogP contribution in [-0.4, -0.2) is 23.9 Å². The summed E-state index contributed by atoms with van der Waals surface area (Å²) in [6.45, 7) is 10.7. The van der Waals surface area contributed by atoms with Gasteiger partial charge in [0.2, 0.25) is 0 Å². The highest BCUT2D eigenvalue weighted by Gasteiger charge is 2.27. The smallest absolute Gasteiger partial charge is 0.161 e. The topological polar surface area (TPSA) is 33.2 Å². The Morgan fingerprint density at radius 3 is 2.55 bits per heavy atom. The third kappa shape index (κ3) is 3.59. The molecule has 20 heavy (non-hydrogen) atoms. The fraction of sp³-hybridized carbons (Fsp3) is 0.647. The van der Waals surface area contributed by atoms with E-state index in [2.05, 4.69) is 30.7 Å². The highest BCUT2D eigenvalue weighted by atomic mass is 16.1. The Morgan fingerprint density at radius 2 is 2.00 bits per heavy atom. The van der Waals surface area contributed by atoms with Crippen molar-refractivity contribution in [2.45, 2.75) is 47.0 Å². The van der Waals surface area contributed by atoms with Crippen molar-refractivity contribution in [1.82, 2.24) is 4.98 Å². The van der Waals surface area contributed by atoms with Crippen LogP contribution in [0.1, 0.15) is 57.3 Å². The van der Waals surface area contributed by atoms with Crippen LogP contribution in [0.3, 0.4) is 0 Å². The van der Waals surface area contributed by atoms with Crippen LogP contribution in [0.2, 0.25) is 0 Å². The molecule has 0 N–H and O–H groups in total. The molecular formula is C17H26N2O. The number of Topliss-reactive ketones (excluding diaryl/α,β-unsaturated/α-hetero) is 1. The molecule has 1 fully saturated rings. The summed E-state index contributed by atoms with van der Waals surface area (Å²) in [7, 11) is 0. The van der Waals surface area contributed by atoms with E-state index in [9.17, 15) is 4.79 Å². The van der Waals surface area contributed by atoms with Crippen LogP contribution < -0.4 is 4.90 Å². The summed E-state index contributed by atoms with van der Waals surface area (Å²) in [6, 6.07) is 3.87. The molecule has 2 heterocycles. The zero-order chi connectivity index (χ0) is 14.8. The third-order valence-electron chi connectivity index (χ3n) is 4.43. The molecule has 0 spiro atoms. The third-order valence-corrected chi connectivity index (χ3v) is 4.43.